The summed E-state index contributed by atoms with van der Waals surface area (Å²) in [5.41, 5.74) is 1.99. The van der Waals surface area contributed by atoms with Gasteiger partial charge in [0.2, 0.25) is 0 Å². The molecule has 24 heavy (non-hydrogen) atoms. The molecule has 1 aromatic rings. The highest BCUT2D eigenvalue weighted by atomic mass is 16.6. The lowest BCUT2D eigenvalue weighted by molar-refractivity contribution is 0.0494. The van der Waals surface area contributed by atoms with E-state index in [-0.39, 0.29) is 6.04 Å². The number of nitrogens with zero attached hydrogens (tertiary/aromatic N) is 1. The summed E-state index contributed by atoms with van der Waals surface area (Å²) < 4.78 is 11.1. The number of carbonyl (C=O) groups excluding carboxylic acids is 1. The molecule has 6 nitrogen and oxygen atoms in total. The fraction of sp³-hybridized carbons (Fsp3) is 0.611. The normalized spacial score (nSPS) is 18.1. The van der Waals surface area contributed by atoms with Gasteiger partial charge in [0.25, 0.3) is 0 Å². The van der Waals surface area contributed by atoms with Crippen LogP contribution in [-0.4, -0.2) is 44.6 Å². The lowest BCUT2D eigenvalue weighted by Crippen LogP contribution is -2.40. The van der Waals surface area contributed by atoms with E-state index < -0.39 is 11.7 Å². The lowest BCUT2D eigenvalue weighted by Gasteiger charge is -2.22. The van der Waals surface area contributed by atoms with Crippen molar-refractivity contribution < 1.29 is 14.3 Å². The molecule has 0 aromatic heterocycles. The van der Waals surface area contributed by atoms with E-state index in [0.29, 0.717) is 12.8 Å². The van der Waals surface area contributed by atoms with Crippen molar-refractivity contribution in [1.29, 1.82) is 0 Å². The van der Waals surface area contributed by atoms with Crippen LogP contribution in [0.1, 0.15) is 33.3 Å². The summed E-state index contributed by atoms with van der Waals surface area (Å²) >= 11 is 0. The molecule has 0 aliphatic carbocycles. The second-order valence-electron chi connectivity index (χ2n) is 7.27. The van der Waals surface area contributed by atoms with Crippen LogP contribution >= 0.6 is 0 Å². The zero-order valence-corrected chi connectivity index (χ0v) is 15.5. The van der Waals surface area contributed by atoms with Gasteiger partial charge in [-0.15, -0.1) is 0 Å². The number of benzene rings is 1. The Balaban J connectivity index is 1.86. The van der Waals surface area contributed by atoms with Crippen LogP contribution in [0.4, 0.5) is 10.5 Å². The number of anilines is 1. The third kappa shape index (κ3) is 4.77. The fourth-order valence-electron chi connectivity index (χ4n) is 2.74. The number of carbonyl (C=O) groups is 1. The maximum atomic E-state index is 11.7. The van der Waals surface area contributed by atoms with Gasteiger partial charge in [0, 0.05) is 19.2 Å². The molecule has 1 unspecified atom stereocenters. The first-order valence-electron chi connectivity index (χ1n) is 8.35. The molecular weight excluding hydrogens is 306 g/mol. The van der Waals surface area contributed by atoms with E-state index >= 15 is 0 Å². The van der Waals surface area contributed by atoms with Crippen LogP contribution in [-0.2, 0) is 11.2 Å². The van der Waals surface area contributed by atoms with E-state index in [9.17, 15) is 4.79 Å². The summed E-state index contributed by atoms with van der Waals surface area (Å²) in [4.78, 5) is 14.0. The number of rotatable bonds is 5. The van der Waals surface area contributed by atoms with Gasteiger partial charge in [-0.25, -0.2) is 4.79 Å². The molecule has 0 fully saturated rings. The number of likely N-dealkylation sites (N-methyl/N-ethyl adjacent to an activating group) is 2. The smallest absolute Gasteiger partial charge is 0.407 e. The number of fused-ring (bicyclic) bond motifs is 1. The zero-order chi connectivity index (χ0) is 17.9. The Kier molecular flexibility index (Phi) is 5.59. The van der Waals surface area contributed by atoms with Gasteiger partial charge in [0.15, 0.2) is 0 Å². The zero-order valence-electron chi connectivity index (χ0n) is 15.5. The van der Waals surface area contributed by atoms with Crippen LogP contribution in [0.5, 0.6) is 5.75 Å². The van der Waals surface area contributed by atoms with Gasteiger partial charge in [-0.05, 0) is 58.5 Å². The molecule has 0 bridgehead atoms. The molecule has 134 valence electrons. The monoisotopic (exact) mass is 335 g/mol. The number of alkyl carbamates (subject to hydrolysis) is 1. The standard InChI is InChI=1S/C18H29N3O3/c1-12(20-17(22)24-18(2,3)4)11-23-14-7-8-15-13(9-14)10-16(19-5)21(15)6/h7-9,12,16,19H,10-11H2,1-6H3,(H,20,22)/t12-,16?/m0/s1. The molecule has 0 saturated heterocycles. The van der Waals surface area contributed by atoms with Crippen molar-refractivity contribution in [3.8, 4) is 5.75 Å². The predicted molar refractivity (Wildman–Crippen MR) is 95.7 cm³/mol. The highest BCUT2D eigenvalue weighted by molar-refractivity contribution is 5.68. The van der Waals surface area contributed by atoms with Gasteiger partial charge in [-0.2, -0.15) is 0 Å². The largest absolute Gasteiger partial charge is 0.491 e. The molecule has 0 saturated carbocycles. The number of nitrogens with one attached hydrogen (secondary N) is 2. The number of amides is 1. The van der Waals surface area contributed by atoms with E-state index in [4.69, 9.17) is 9.47 Å². The van der Waals surface area contributed by atoms with Gasteiger partial charge in [-0.1, -0.05) is 0 Å². The molecule has 6 heteroatoms. The Morgan fingerprint density at radius 2 is 2.12 bits per heavy atom. The highest BCUT2D eigenvalue weighted by Gasteiger charge is 2.25. The maximum Gasteiger partial charge on any atom is 0.407 e. The van der Waals surface area contributed by atoms with Gasteiger partial charge < -0.3 is 25.0 Å². The Morgan fingerprint density at radius 3 is 2.75 bits per heavy atom. The van der Waals surface area contributed by atoms with Crippen molar-refractivity contribution in [3.63, 3.8) is 0 Å². The first kappa shape index (κ1) is 18.4. The van der Waals surface area contributed by atoms with Gasteiger partial charge >= 0.3 is 6.09 Å². The Bertz CT molecular complexity index is 583. The lowest BCUT2D eigenvalue weighted by atomic mass is 10.1. The summed E-state index contributed by atoms with van der Waals surface area (Å²) in [5, 5.41) is 6.07. The molecule has 1 aromatic carbocycles. The molecule has 0 spiro atoms. The number of hydrogen-bond donors (Lipinski definition) is 2. The van der Waals surface area contributed by atoms with Crippen LogP contribution in [0.25, 0.3) is 0 Å². The van der Waals surface area contributed by atoms with Crippen molar-refractivity contribution >= 4 is 11.8 Å². The summed E-state index contributed by atoms with van der Waals surface area (Å²) in [6, 6.07) is 5.98. The van der Waals surface area contributed by atoms with Crippen LogP contribution in [0.2, 0.25) is 0 Å². The Morgan fingerprint density at radius 1 is 1.42 bits per heavy atom. The molecule has 2 N–H and O–H groups in total. The third-order valence-electron chi connectivity index (χ3n) is 3.91. The second kappa shape index (κ2) is 7.30. The van der Waals surface area contributed by atoms with E-state index in [1.807, 2.05) is 40.8 Å². The van der Waals surface area contributed by atoms with Crippen LogP contribution in [0, 0.1) is 0 Å². The SMILES string of the molecule is CNC1Cc2cc(OC[C@H](C)NC(=O)OC(C)(C)C)ccc2N1C. The van der Waals surface area contributed by atoms with E-state index in [1.165, 1.54) is 11.3 Å². The molecular formula is C18H29N3O3. The van der Waals surface area contributed by atoms with Crippen LogP contribution in [0.15, 0.2) is 18.2 Å². The van der Waals surface area contributed by atoms with Crippen molar-refractivity contribution in [1.82, 2.24) is 10.6 Å². The summed E-state index contributed by atoms with van der Waals surface area (Å²) in [7, 11) is 4.05. The van der Waals surface area contributed by atoms with Crippen LogP contribution in [0.3, 0.4) is 0 Å². The minimum atomic E-state index is -0.499. The molecule has 2 rings (SSSR count). The predicted octanol–water partition coefficient (Wildman–Crippen LogP) is 2.52. The summed E-state index contributed by atoms with van der Waals surface area (Å²) in [5.74, 6) is 0.816. The minimum absolute atomic E-state index is 0.138. The second-order valence-corrected chi connectivity index (χ2v) is 7.27. The highest BCUT2D eigenvalue weighted by Crippen LogP contribution is 2.32. The van der Waals surface area contributed by atoms with Crippen molar-refractivity contribution in [3.05, 3.63) is 23.8 Å². The van der Waals surface area contributed by atoms with E-state index in [2.05, 4.69) is 34.7 Å². The summed E-state index contributed by atoms with van der Waals surface area (Å²) in [6.07, 6.45) is 0.847. The molecule has 1 heterocycles. The quantitative estimate of drug-likeness (QED) is 0.866. The first-order chi connectivity index (χ1) is 11.2. The average Bonchev–Trinajstić information content (AvgIpc) is 2.79. The van der Waals surface area contributed by atoms with Crippen molar-refractivity contribution in [2.45, 2.75) is 51.9 Å². The van der Waals surface area contributed by atoms with Gasteiger partial charge in [0.1, 0.15) is 18.0 Å². The fourth-order valence-corrected chi connectivity index (χ4v) is 2.74. The van der Waals surface area contributed by atoms with Crippen molar-refractivity contribution in [2.24, 2.45) is 0 Å². The first-order valence-corrected chi connectivity index (χ1v) is 8.35. The molecule has 2 atom stereocenters. The van der Waals surface area contributed by atoms with Gasteiger partial charge in [-0.3, -0.25) is 0 Å². The molecule has 0 radical (unpaired) electrons. The molecule has 1 aliphatic heterocycles. The third-order valence-corrected chi connectivity index (χ3v) is 3.91. The average molecular weight is 335 g/mol. The van der Waals surface area contributed by atoms with Crippen molar-refractivity contribution in [2.75, 3.05) is 25.6 Å². The maximum absolute atomic E-state index is 11.7. The Hall–Kier alpha value is -1.95. The topological polar surface area (TPSA) is 62.8 Å². The molecule has 1 aliphatic rings. The van der Waals surface area contributed by atoms with Crippen LogP contribution < -0.4 is 20.3 Å². The van der Waals surface area contributed by atoms with E-state index in [0.717, 1.165) is 12.2 Å². The van der Waals surface area contributed by atoms with Gasteiger partial charge in [0.05, 0.1) is 12.2 Å². The Labute approximate surface area is 144 Å². The minimum Gasteiger partial charge on any atom is -0.491 e. The van der Waals surface area contributed by atoms with E-state index in [1.54, 1.807) is 0 Å². The number of ether oxygens (including phenoxy) is 2. The number of hydrogen-bond acceptors (Lipinski definition) is 5. The molecule has 1 amide bonds. The summed E-state index contributed by atoms with van der Waals surface area (Å²) in [6.45, 7) is 7.81.